The molecule has 7 N–H and O–H groups in total. The number of esters is 2. The van der Waals surface area contributed by atoms with Crippen molar-refractivity contribution in [1.29, 1.82) is 0 Å². The summed E-state index contributed by atoms with van der Waals surface area (Å²) < 4.78 is 32.6. The quantitative estimate of drug-likeness (QED) is 0.0151. The van der Waals surface area contributed by atoms with Crippen molar-refractivity contribution in [2.24, 2.45) is 17.6 Å². The first-order valence-corrected chi connectivity index (χ1v) is 23.7. The Bertz CT molecular complexity index is 1430. The van der Waals surface area contributed by atoms with Gasteiger partial charge in [0.2, 0.25) is 0 Å². The van der Waals surface area contributed by atoms with Gasteiger partial charge in [-0.3, -0.25) is 23.4 Å². The molecule has 1 rings (SSSR count). The van der Waals surface area contributed by atoms with E-state index in [4.69, 9.17) is 24.8 Å². The number of allylic oxidation sites excluding steroid dienone is 10. The Hall–Kier alpha value is -3.20. The van der Waals surface area contributed by atoms with Crippen molar-refractivity contribution in [3.8, 4) is 0 Å². The van der Waals surface area contributed by atoms with Gasteiger partial charge in [-0.15, -0.1) is 0 Å². The zero-order valence-corrected chi connectivity index (χ0v) is 37.4. The topological polar surface area (TPSA) is 232 Å². The highest BCUT2D eigenvalue weighted by Crippen LogP contribution is 2.43. The first kappa shape index (κ1) is 55.8. The maximum Gasteiger partial charge on any atom is 0.472 e. The van der Waals surface area contributed by atoms with Crippen molar-refractivity contribution in [2.75, 3.05) is 19.8 Å². The molecule has 0 bridgehead atoms. The van der Waals surface area contributed by atoms with Gasteiger partial charge in [0, 0.05) is 25.2 Å². The van der Waals surface area contributed by atoms with Gasteiger partial charge in [0.15, 0.2) is 6.10 Å². The smallest absolute Gasteiger partial charge is 0.472 e. The predicted molar refractivity (Wildman–Crippen MR) is 237 cm³/mol. The molecule has 0 aromatic carbocycles. The van der Waals surface area contributed by atoms with Crippen LogP contribution in [0.3, 0.4) is 0 Å². The number of unbranched alkanes of at least 4 members (excludes halogenated alkanes) is 7. The lowest BCUT2D eigenvalue weighted by atomic mass is 9.89. The molecule has 0 aromatic heterocycles. The van der Waals surface area contributed by atoms with Crippen LogP contribution < -0.4 is 5.73 Å². The molecule has 0 spiro atoms. The summed E-state index contributed by atoms with van der Waals surface area (Å²) in [6.45, 7) is 2.35. The number of carboxylic acid groups (broad SMARTS) is 1. The lowest BCUT2D eigenvalue weighted by Crippen LogP contribution is -2.34. The number of hydrogen-bond donors (Lipinski definition) is 6. The number of ether oxygens (including phenoxy) is 2. The summed E-state index contributed by atoms with van der Waals surface area (Å²) in [5.41, 5.74) is 5.32. The van der Waals surface area contributed by atoms with Crippen LogP contribution in [0.5, 0.6) is 0 Å². The van der Waals surface area contributed by atoms with Crippen LogP contribution in [0.2, 0.25) is 0 Å². The maximum atomic E-state index is 12.7. The molecule has 1 aliphatic carbocycles. The molecule has 1 fully saturated rings. The fourth-order valence-electron chi connectivity index (χ4n) is 6.40. The Morgan fingerprint density at radius 1 is 0.721 bits per heavy atom. The molecule has 1 unspecified atom stereocenters. The molecular formula is C46H76NO13P. The summed E-state index contributed by atoms with van der Waals surface area (Å²) in [7, 11) is -4.80. The summed E-state index contributed by atoms with van der Waals surface area (Å²) in [6.07, 6.45) is 35.0. The molecule has 14 nitrogen and oxygen atoms in total. The lowest BCUT2D eigenvalue weighted by molar-refractivity contribution is -0.161. The fourth-order valence-corrected chi connectivity index (χ4v) is 7.18. The van der Waals surface area contributed by atoms with Gasteiger partial charge in [-0.1, -0.05) is 119 Å². The highest BCUT2D eigenvalue weighted by Gasteiger charge is 2.39. The van der Waals surface area contributed by atoms with Crippen molar-refractivity contribution in [1.82, 2.24) is 0 Å². The van der Waals surface area contributed by atoms with Gasteiger partial charge < -0.3 is 40.5 Å². The van der Waals surface area contributed by atoms with Crippen LogP contribution in [0.4, 0.5) is 0 Å². The molecule has 0 amide bonds. The molecule has 0 radical (unpaired) electrons. The average Bonchev–Trinajstić information content (AvgIpc) is 3.49. The van der Waals surface area contributed by atoms with Crippen LogP contribution in [0.25, 0.3) is 0 Å². The number of nitrogens with two attached hydrogens (primary N) is 1. The van der Waals surface area contributed by atoms with Crippen molar-refractivity contribution in [2.45, 2.75) is 166 Å². The van der Waals surface area contributed by atoms with E-state index in [0.717, 1.165) is 44.9 Å². The Kier molecular flexibility index (Phi) is 32.3. The van der Waals surface area contributed by atoms with Crippen molar-refractivity contribution in [3.05, 3.63) is 72.9 Å². The Balaban J connectivity index is 2.55. The standard InChI is InChI=1S/C46H76NO13P/c1-3-5-7-8-9-10-11-12-13-14-15-16-17-18-19-20-26-30-45(52)60-38(35-58-61(55,56)59-36-41(47)46(53)54)34-57-44(51)29-25-22-21-24-28-39-40(43(50)33-42(39)49)32-31-37(48)27-23-6-4-2/h9-10,12-13,15-16,18-19,21,24,31-32,37-43,48-50H,3-8,11,14,17,20,22-23,25-30,33-36,47H2,1-2H3,(H,53,54)(H,55,56)/b10-9-,13-12-,16-15-,19-18-,24-21+,32-31+/t37-,38+,39+,40+,41-,42-,43+/m0/s1. The van der Waals surface area contributed by atoms with Gasteiger partial charge in [-0.25, -0.2) is 4.57 Å². The highest BCUT2D eigenvalue weighted by atomic mass is 31.2. The van der Waals surface area contributed by atoms with E-state index in [1.54, 1.807) is 6.08 Å². The molecule has 8 atom stereocenters. The average molecular weight is 882 g/mol. The van der Waals surface area contributed by atoms with E-state index in [2.05, 4.69) is 54.8 Å². The van der Waals surface area contributed by atoms with E-state index < -0.39 is 76.0 Å². The SMILES string of the molecule is CCCCC/C=C\C/C=C\C/C=C\C/C=C\CCCC(=O)O[C@H](COC(=O)CCC/C=C/C[C@@H]1[C@@H](/C=C/[C@@H](O)CCCCC)[C@H](O)C[C@@H]1O)COP(=O)(O)OC[C@H](N)C(=O)O. The minimum Gasteiger partial charge on any atom is -0.480 e. The lowest BCUT2D eigenvalue weighted by Gasteiger charge is -2.20. The summed E-state index contributed by atoms with van der Waals surface area (Å²) in [5.74, 6) is -3.15. The minimum atomic E-state index is -4.80. The van der Waals surface area contributed by atoms with Crippen LogP contribution in [-0.2, 0) is 37.5 Å². The molecule has 1 saturated carbocycles. The van der Waals surface area contributed by atoms with Crippen LogP contribution in [-0.4, -0.2) is 93.5 Å². The summed E-state index contributed by atoms with van der Waals surface area (Å²) in [6, 6.07) is -1.57. The fraction of sp³-hybridized carbons (Fsp3) is 0.674. The molecule has 1 aliphatic rings. The number of aliphatic hydroxyl groups excluding tert-OH is 3. The zero-order valence-electron chi connectivity index (χ0n) is 36.6. The predicted octanol–water partition coefficient (Wildman–Crippen LogP) is 8.10. The Labute approximate surface area is 364 Å². The highest BCUT2D eigenvalue weighted by molar-refractivity contribution is 7.47. The third kappa shape index (κ3) is 29.7. The number of carbonyl (C=O) groups is 3. The Morgan fingerprint density at radius 3 is 1.87 bits per heavy atom. The third-order valence-corrected chi connectivity index (χ3v) is 10.9. The second-order valence-electron chi connectivity index (χ2n) is 15.4. The summed E-state index contributed by atoms with van der Waals surface area (Å²) in [5, 5.41) is 40.2. The number of rotatable bonds is 36. The molecule has 0 saturated heterocycles. The van der Waals surface area contributed by atoms with E-state index in [1.807, 2.05) is 30.4 Å². The van der Waals surface area contributed by atoms with Gasteiger partial charge in [0.25, 0.3) is 0 Å². The number of carboxylic acids is 1. The van der Waals surface area contributed by atoms with E-state index >= 15 is 0 Å². The van der Waals surface area contributed by atoms with E-state index in [-0.39, 0.29) is 31.1 Å². The van der Waals surface area contributed by atoms with E-state index in [9.17, 15) is 39.2 Å². The van der Waals surface area contributed by atoms with Crippen LogP contribution >= 0.6 is 7.82 Å². The van der Waals surface area contributed by atoms with Crippen LogP contribution in [0, 0.1) is 11.8 Å². The second-order valence-corrected chi connectivity index (χ2v) is 16.9. The normalized spacial score (nSPS) is 21.0. The number of phosphoric ester groups is 1. The number of carbonyl (C=O) groups excluding carboxylic acids is 2. The largest absolute Gasteiger partial charge is 0.480 e. The van der Waals surface area contributed by atoms with Gasteiger partial charge in [-0.05, 0) is 76.5 Å². The molecule has 0 aliphatic heterocycles. The van der Waals surface area contributed by atoms with E-state index in [0.29, 0.717) is 38.5 Å². The first-order valence-electron chi connectivity index (χ1n) is 22.2. The number of aliphatic carboxylic acids is 1. The summed E-state index contributed by atoms with van der Waals surface area (Å²) >= 11 is 0. The minimum absolute atomic E-state index is 0.0294. The number of aliphatic hydroxyl groups is 3. The molecule has 61 heavy (non-hydrogen) atoms. The Morgan fingerprint density at radius 2 is 1.26 bits per heavy atom. The summed E-state index contributed by atoms with van der Waals surface area (Å²) in [4.78, 5) is 46.2. The van der Waals surface area contributed by atoms with Gasteiger partial charge in [0.1, 0.15) is 12.6 Å². The first-order chi connectivity index (χ1) is 29.3. The van der Waals surface area contributed by atoms with Crippen molar-refractivity contribution in [3.63, 3.8) is 0 Å². The number of hydrogen-bond acceptors (Lipinski definition) is 12. The zero-order chi connectivity index (χ0) is 45.1. The third-order valence-electron chi connectivity index (χ3n) is 10.00. The van der Waals surface area contributed by atoms with Crippen molar-refractivity contribution >= 4 is 25.7 Å². The van der Waals surface area contributed by atoms with Crippen LogP contribution in [0.15, 0.2) is 72.9 Å². The van der Waals surface area contributed by atoms with E-state index in [1.165, 1.54) is 19.3 Å². The van der Waals surface area contributed by atoms with Crippen molar-refractivity contribution < 1.29 is 62.8 Å². The molecule has 0 aromatic rings. The van der Waals surface area contributed by atoms with Gasteiger partial charge in [0.05, 0.1) is 31.5 Å². The maximum absolute atomic E-state index is 12.7. The van der Waals surface area contributed by atoms with Gasteiger partial charge in [-0.2, -0.15) is 0 Å². The second kappa shape index (κ2) is 35.3. The molecule has 348 valence electrons. The molecule has 0 heterocycles. The van der Waals surface area contributed by atoms with Crippen LogP contribution in [0.1, 0.15) is 136 Å². The monoisotopic (exact) mass is 882 g/mol. The van der Waals surface area contributed by atoms with Gasteiger partial charge >= 0.3 is 25.7 Å². The molecule has 15 heteroatoms. The number of phosphoric acid groups is 1. The molecular weight excluding hydrogens is 805 g/mol.